The summed E-state index contributed by atoms with van der Waals surface area (Å²) in [5, 5.41) is 42.5. The summed E-state index contributed by atoms with van der Waals surface area (Å²) < 4.78 is 0. The Balaban J connectivity index is 1.74. The zero-order chi connectivity index (χ0) is 19.0. The molecule has 5 nitrogen and oxygen atoms in total. The fourth-order valence-corrected chi connectivity index (χ4v) is 7.20. The van der Waals surface area contributed by atoms with Gasteiger partial charge >= 0.3 is 0 Å². The van der Waals surface area contributed by atoms with Crippen LogP contribution in [-0.4, -0.2) is 50.1 Å². The molecule has 1 unspecified atom stereocenters. The van der Waals surface area contributed by atoms with Crippen LogP contribution in [0.15, 0.2) is 11.6 Å². The smallest absolute Gasteiger partial charge is 0.190 e. The van der Waals surface area contributed by atoms with Crippen molar-refractivity contribution in [2.24, 2.45) is 22.7 Å². The lowest BCUT2D eigenvalue weighted by molar-refractivity contribution is -0.214. The zero-order valence-electron chi connectivity index (χ0n) is 15.9. The molecule has 0 heterocycles. The number of fused-ring (bicyclic) bond motifs is 5. The second kappa shape index (κ2) is 5.63. The molecule has 4 N–H and O–H groups in total. The number of aliphatic hydroxyl groups excluding tert-OH is 2. The van der Waals surface area contributed by atoms with E-state index in [1.165, 1.54) is 5.57 Å². The van der Waals surface area contributed by atoms with Crippen LogP contribution in [0.3, 0.4) is 0 Å². The summed E-state index contributed by atoms with van der Waals surface area (Å²) in [7, 11) is 0. The number of Topliss-reactive ketones (excluding diaryl/α,β-unsaturated/α-hetero) is 1. The molecule has 0 aromatic carbocycles. The van der Waals surface area contributed by atoms with Crippen LogP contribution in [0.5, 0.6) is 0 Å². The quantitative estimate of drug-likeness (QED) is 0.559. The number of allylic oxidation sites excluding steroid dienone is 1. The molecule has 0 amide bonds. The third-order valence-corrected chi connectivity index (χ3v) is 9.02. The average molecular weight is 364 g/mol. The Morgan fingerprint density at radius 2 is 1.85 bits per heavy atom. The molecule has 0 spiro atoms. The molecule has 3 fully saturated rings. The minimum atomic E-state index is -1.64. The van der Waals surface area contributed by atoms with Gasteiger partial charge in [-0.3, -0.25) is 4.79 Å². The fraction of sp³-hybridized carbons (Fsp3) is 0.857. The van der Waals surface area contributed by atoms with E-state index in [0.717, 1.165) is 32.1 Å². The SMILES string of the molecule is C[C@]12CC[C@H]3[C@@H](CC=C4CC(O)CC[C@@]43C)[C@]1(O)CC[C@]2(O)C(=O)CO. The van der Waals surface area contributed by atoms with Crippen LogP contribution in [0.4, 0.5) is 0 Å². The van der Waals surface area contributed by atoms with Gasteiger partial charge < -0.3 is 20.4 Å². The molecular formula is C21H32O5. The first-order chi connectivity index (χ1) is 12.1. The standard InChI is InChI=1S/C21H32O5/c1-18-7-5-14(23)11-13(18)3-4-16-15(18)6-8-19(2)20(16,25)9-10-21(19,26)17(24)12-22/h3,14-16,22-23,25-26H,4-12H2,1-2H3/t14?,15-,16+,18-,19-,20+,21-/m0/s1. The van der Waals surface area contributed by atoms with E-state index >= 15 is 0 Å². The van der Waals surface area contributed by atoms with E-state index in [2.05, 4.69) is 13.0 Å². The Morgan fingerprint density at radius 1 is 1.12 bits per heavy atom. The van der Waals surface area contributed by atoms with Gasteiger partial charge in [0.2, 0.25) is 0 Å². The second-order valence-corrected chi connectivity index (χ2v) is 9.73. The monoisotopic (exact) mass is 364 g/mol. The summed E-state index contributed by atoms with van der Waals surface area (Å²) >= 11 is 0. The van der Waals surface area contributed by atoms with Crippen molar-refractivity contribution in [3.8, 4) is 0 Å². The Morgan fingerprint density at radius 3 is 2.54 bits per heavy atom. The molecule has 0 aliphatic heterocycles. The van der Waals surface area contributed by atoms with E-state index < -0.39 is 29.0 Å². The molecule has 0 radical (unpaired) electrons. The van der Waals surface area contributed by atoms with Gasteiger partial charge in [0.05, 0.1) is 11.7 Å². The van der Waals surface area contributed by atoms with Gasteiger partial charge in [0.15, 0.2) is 5.78 Å². The van der Waals surface area contributed by atoms with Crippen LogP contribution in [0.1, 0.15) is 65.2 Å². The van der Waals surface area contributed by atoms with Gasteiger partial charge in [-0.25, -0.2) is 0 Å². The fourth-order valence-electron chi connectivity index (χ4n) is 7.20. The van der Waals surface area contributed by atoms with E-state index in [0.29, 0.717) is 18.8 Å². The highest BCUT2D eigenvalue weighted by molar-refractivity contribution is 5.89. The van der Waals surface area contributed by atoms with Gasteiger partial charge in [-0.1, -0.05) is 25.5 Å². The maximum Gasteiger partial charge on any atom is 0.190 e. The molecule has 4 aliphatic carbocycles. The largest absolute Gasteiger partial charge is 0.393 e. The van der Waals surface area contributed by atoms with Crippen molar-refractivity contribution in [3.05, 3.63) is 11.6 Å². The summed E-state index contributed by atoms with van der Waals surface area (Å²) in [6.07, 6.45) is 7.17. The minimum Gasteiger partial charge on any atom is -0.393 e. The summed E-state index contributed by atoms with van der Waals surface area (Å²) in [4.78, 5) is 12.4. The lowest BCUT2D eigenvalue weighted by Gasteiger charge is -2.61. The normalized spacial score (nSPS) is 53.3. The minimum absolute atomic E-state index is 0.00533. The number of rotatable bonds is 2. The molecule has 26 heavy (non-hydrogen) atoms. The summed E-state index contributed by atoms with van der Waals surface area (Å²) in [5.74, 6) is -0.251. The highest BCUT2D eigenvalue weighted by atomic mass is 16.3. The molecule has 0 bridgehead atoms. The molecule has 0 aromatic rings. The predicted molar refractivity (Wildman–Crippen MR) is 96.2 cm³/mol. The zero-order valence-corrected chi connectivity index (χ0v) is 15.9. The van der Waals surface area contributed by atoms with Gasteiger partial charge in [0, 0.05) is 5.41 Å². The predicted octanol–water partition coefficient (Wildman–Crippen LogP) is 1.72. The molecular weight excluding hydrogens is 332 g/mol. The van der Waals surface area contributed by atoms with Crippen LogP contribution in [-0.2, 0) is 4.79 Å². The van der Waals surface area contributed by atoms with Gasteiger partial charge in [0.25, 0.3) is 0 Å². The summed E-state index contributed by atoms with van der Waals surface area (Å²) in [5.41, 5.74) is -2.35. The van der Waals surface area contributed by atoms with Crippen LogP contribution in [0.25, 0.3) is 0 Å². The first-order valence-corrected chi connectivity index (χ1v) is 10.1. The Labute approximate surface area is 155 Å². The van der Waals surface area contributed by atoms with Crippen molar-refractivity contribution in [1.29, 1.82) is 0 Å². The second-order valence-electron chi connectivity index (χ2n) is 9.73. The van der Waals surface area contributed by atoms with Crippen LogP contribution >= 0.6 is 0 Å². The van der Waals surface area contributed by atoms with Gasteiger partial charge in [-0.2, -0.15) is 0 Å². The van der Waals surface area contributed by atoms with E-state index in [1.807, 2.05) is 6.92 Å². The summed E-state index contributed by atoms with van der Waals surface area (Å²) in [6, 6.07) is 0. The number of hydrogen-bond donors (Lipinski definition) is 4. The first kappa shape index (κ1) is 18.6. The molecule has 0 aromatic heterocycles. The van der Waals surface area contributed by atoms with E-state index in [1.54, 1.807) is 0 Å². The van der Waals surface area contributed by atoms with Gasteiger partial charge in [0.1, 0.15) is 12.2 Å². The summed E-state index contributed by atoms with van der Waals surface area (Å²) in [6.45, 7) is 3.43. The first-order valence-electron chi connectivity index (χ1n) is 10.1. The topological polar surface area (TPSA) is 98.0 Å². The van der Waals surface area contributed by atoms with E-state index in [9.17, 15) is 25.2 Å². The van der Waals surface area contributed by atoms with Crippen molar-refractivity contribution < 1.29 is 25.2 Å². The van der Waals surface area contributed by atoms with Crippen molar-refractivity contribution in [2.75, 3.05) is 6.61 Å². The molecule has 4 aliphatic rings. The Hall–Kier alpha value is -0.750. The third-order valence-electron chi connectivity index (χ3n) is 9.02. The Bertz CT molecular complexity index is 659. The molecule has 146 valence electrons. The Kier molecular flexibility index (Phi) is 4.03. The van der Waals surface area contributed by atoms with Crippen molar-refractivity contribution >= 4 is 5.78 Å². The van der Waals surface area contributed by atoms with Crippen molar-refractivity contribution in [3.63, 3.8) is 0 Å². The molecule has 7 atom stereocenters. The average Bonchev–Trinajstić information content (AvgIpc) is 2.84. The van der Waals surface area contributed by atoms with Gasteiger partial charge in [-0.15, -0.1) is 0 Å². The molecule has 5 heteroatoms. The maximum absolute atomic E-state index is 12.4. The van der Waals surface area contributed by atoms with Crippen molar-refractivity contribution in [2.45, 2.75) is 82.5 Å². The lowest BCUT2D eigenvalue weighted by atomic mass is 9.45. The van der Waals surface area contributed by atoms with Crippen LogP contribution < -0.4 is 0 Å². The number of carbonyl (C=O) groups is 1. The maximum atomic E-state index is 12.4. The highest BCUT2D eigenvalue weighted by Gasteiger charge is 2.72. The van der Waals surface area contributed by atoms with Crippen molar-refractivity contribution in [1.82, 2.24) is 0 Å². The van der Waals surface area contributed by atoms with Crippen LogP contribution in [0, 0.1) is 22.7 Å². The molecule has 4 rings (SSSR count). The molecule has 0 saturated heterocycles. The highest BCUT2D eigenvalue weighted by Crippen LogP contribution is 2.68. The number of aliphatic hydroxyl groups is 4. The molecule has 3 saturated carbocycles. The van der Waals surface area contributed by atoms with E-state index in [4.69, 9.17) is 0 Å². The van der Waals surface area contributed by atoms with E-state index in [-0.39, 0.29) is 23.9 Å². The van der Waals surface area contributed by atoms with Gasteiger partial charge in [-0.05, 0) is 68.6 Å². The number of hydrogen-bond acceptors (Lipinski definition) is 5. The van der Waals surface area contributed by atoms with Crippen LogP contribution in [0.2, 0.25) is 0 Å². The third kappa shape index (κ3) is 2.03. The number of ketones is 1. The lowest BCUT2D eigenvalue weighted by Crippen LogP contribution is -2.66. The number of carbonyl (C=O) groups excluding carboxylic acids is 1.